The van der Waals surface area contributed by atoms with Crippen LogP contribution in [0.4, 0.5) is 0 Å². The number of likely N-dealkylation sites (tertiary alicyclic amines) is 1. The maximum atomic E-state index is 12.5. The number of carbonyl (C=O) groups is 1. The predicted molar refractivity (Wildman–Crippen MR) is 81.2 cm³/mol. The number of thioether (sulfide) groups is 1. The van der Waals surface area contributed by atoms with Gasteiger partial charge in [-0.05, 0) is 38.2 Å². The molecule has 0 aromatic carbocycles. The van der Waals surface area contributed by atoms with Gasteiger partial charge in [-0.3, -0.25) is 4.79 Å². The van der Waals surface area contributed by atoms with Crippen LogP contribution in [-0.4, -0.2) is 67.3 Å². The van der Waals surface area contributed by atoms with Crippen LogP contribution in [0, 0.1) is 0 Å². The van der Waals surface area contributed by atoms with Gasteiger partial charge in [-0.25, -0.2) is 13.1 Å². The Kier molecular flexibility index (Phi) is 7.28. The van der Waals surface area contributed by atoms with Crippen molar-refractivity contribution in [2.24, 2.45) is 0 Å². The van der Waals surface area contributed by atoms with Crippen LogP contribution in [-0.2, 0) is 14.8 Å². The molecular formula is C12H24N2O4S2. The monoisotopic (exact) mass is 324 g/mol. The van der Waals surface area contributed by atoms with E-state index in [1.807, 2.05) is 6.26 Å². The van der Waals surface area contributed by atoms with E-state index in [-0.39, 0.29) is 24.3 Å². The molecule has 0 aromatic heterocycles. The first-order valence-corrected chi connectivity index (χ1v) is 9.90. The van der Waals surface area contributed by atoms with Gasteiger partial charge in [-0.1, -0.05) is 0 Å². The molecule has 1 fully saturated rings. The molecule has 1 heterocycles. The molecule has 0 radical (unpaired) electrons. The van der Waals surface area contributed by atoms with Gasteiger partial charge in [0.15, 0.2) is 0 Å². The van der Waals surface area contributed by atoms with Crippen molar-refractivity contribution < 1.29 is 18.3 Å². The molecule has 2 atom stereocenters. The quantitative estimate of drug-likeness (QED) is 0.658. The zero-order chi connectivity index (χ0) is 15.2. The van der Waals surface area contributed by atoms with Crippen LogP contribution in [0.25, 0.3) is 0 Å². The predicted octanol–water partition coefficient (Wildman–Crippen LogP) is 0.0307. The summed E-state index contributed by atoms with van der Waals surface area (Å²) in [5, 5.41) is 9.29. The van der Waals surface area contributed by atoms with Crippen molar-refractivity contribution in [3.8, 4) is 0 Å². The van der Waals surface area contributed by atoms with Crippen LogP contribution in [0.1, 0.15) is 26.2 Å². The number of hydrogen-bond donors (Lipinski definition) is 2. The first-order chi connectivity index (χ1) is 9.45. The van der Waals surface area contributed by atoms with E-state index in [0.29, 0.717) is 18.7 Å². The highest BCUT2D eigenvalue weighted by molar-refractivity contribution is 7.98. The van der Waals surface area contributed by atoms with Crippen molar-refractivity contribution in [1.29, 1.82) is 0 Å². The lowest BCUT2D eigenvalue weighted by Gasteiger charge is -2.28. The van der Waals surface area contributed by atoms with Gasteiger partial charge in [0.05, 0.1) is 18.4 Å². The topological polar surface area (TPSA) is 86.7 Å². The number of amides is 1. The summed E-state index contributed by atoms with van der Waals surface area (Å²) in [5.41, 5.74) is 0. The number of nitrogens with one attached hydrogen (secondary N) is 1. The van der Waals surface area contributed by atoms with Gasteiger partial charge >= 0.3 is 0 Å². The third-order valence-corrected chi connectivity index (χ3v) is 5.53. The van der Waals surface area contributed by atoms with E-state index in [0.717, 1.165) is 12.8 Å². The highest BCUT2D eigenvalue weighted by atomic mass is 32.2. The second-order valence-corrected chi connectivity index (χ2v) is 7.89. The minimum Gasteiger partial charge on any atom is -0.394 e. The van der Waals surface area contributed by atoms with E-state index in [2.05, 4.69) is 4.72 Å². The van der Waals surface area contributed by atoms with Gasteiger partial charge in [0.2, 0.25) is 15.9 Å². The van der Waals surface area contributed by atoms with Crippen molar-refractivity contribution in [2.45, 2.75) is 38.3 Å². The van der Waals surface area contributed by atoms with Crippen molar-refractivity contribution >= 4 is 27.7 Å². The Bertz CT molecular complexity index is 414. The second-order valence-electron chi connectivity index (χ2n) is 4.87. The van der Waals surface area contributed by atoms with E-state index < -0.39 is 16.1 Å². The van der Waals surface area contributed by atoms with Gasteiger partial charge in [0.1, 0.15) is 6.04 Å². The molecule has 8 heteroatoms. The second kappa shape index (κ2) is 8.21. The Hall–Kier alpha value is -0.310. The first-order valence-electron chi connectivity index (χ1n) is 6.85. The highest BCUT2D eigenvalue weighted by Crippen LogP contribution is 2.19. The average molecular weight is 324 g/mol. The van der Waals surface area contributed by atoms with Crippen LogP contribution in [0.15, 0.2) is 0 Å². The summed E-state index contributed by atoms with van der Waals surface area (Å²) in [6.07, 6.45) is 4.01. The van der Waals surface area contributed by atoms with E-state index in [9.17, 15) is 18.3 Å². The lowest BCUT2D eigenvalue weighted by atomic mass is 10.2. The lowest BCUT2D eigenvalue weighted by Crippen LogP contribution is -2.51. The lowest BCUT2D eigenvalue weighted by molar-refractivity contribution is -0.134. The van der Waals surface area contributed by atoms with Crippen molar-refractivity contribution in [3.05, 3.63) is 0 Å². The summed E-state index contributed by atoms with van der Waals surface area (Å²) in [6.45, 7) is 2.07. The van der Waals surface area contributed by atoms with Crippen LogP contribution in [0.5, 0.6) is 0 Å². The van der Waals surface area contributed by atoms with Crippen molar-refractivity contribution in [1.82, 2.24) is 9.62 Å². The van der Waals surface area contributed by atoms with Crippen molar-refractivity contribution in [3.63, 3.8) is 0 Å². The molecule has 1 aliphatic rings. The smallest absolute Gasteiger partial charge is 0.241 e. The van der Waals surface area contributed by atoms with E-state index in [4.69, 9.17) is 0 Å². The maximum Gasteiger partial charge on any atom is 0.241 e. The summed E-state index contributed by atoms with van der Waals surface area (Å²) in [6, 6.07) is -0.898. The van der Waals surface area contributed by atoms with Crippen LogP contribution >= 0.6 is 11.8 Å². The Morgan fingerprint density at radius 1 is 1.55 bits per heavy atom. The van der Waals surface area contributed by atoms with Crippen LogP contribution < -0.4 is 4.72 Å². The standard InChI is InChI=1S/C12H24N2O4S2/c1-3-20(17,18)13-11(6-8-19-2)12(16)14-7-4-5-10(14)9-15/h10-11,13,15H,3-9H2,1-2H3/t10-,11?/m1/s1. The summed E-state index contributed by atoms with van der Waals surface area (Å²) >= 11 is 1.58. The van der Waals surface area contributed by atoms with Crippen LogP contribution in [0.3, 0.4) is 0 Å². The highest BCUT2D eigenvalue weighted by Gasteiger charge is 2.33. The Morgan fingerprint density at radius 2 is 2.25 bits per heavy atom. The molecular weight excluding hydrogens is 300 g/mol. The molecule has 0 bridgehead atoms. The van der Waals surface area contributed by atoms with Crippen molar-refractivity contribution in [2.75, 3.05) is 30.9 Å². The van der Waals surface area contributed by atoms with E-state index >= 15 is 0 Å². The van der Waals surface area contributed by atoms with E-state index in [1.54, 1.807) is 23.6 Å². The molecule has 1 unspecified atom stereocenters. The molecule has 1 rings (SSSR count). The number of nitrogens with zero attached hydrogens (tertiary/aromatic N) is 1. The molecule has 0 aliphatic carbocycles. The minimum atomic E-state index is -3.42. The Balaban J connectivity index is 2.78. The largest absolute Gasteiger partial charge is 0.394 e. The molecule has 20 heavy (non-hydrogen) atoms. The third kappa shape index (κ3) is 4.91. The zero-order valence-electron chi connectivity index (χ0n) is 12.0. The molecule has 2 N–H and O–H groups in total. The molecule has 6 nitrogen and oxygen atoms in total. The molecule has 1 aliphatic heterocycles. The molecule has 0 aromatic rings. The molecule has 1 amide bonds. The van der Waals surface area contributed by atoms with Gasteiger partial charge in [-0.2, -0.15) is 11.8 Å². The first kappa shape index (κ1) is 17.7. The summed E-state index contributed by atoms with van der Waals surface area (Å²) < 4.78 is 25.9. The van der Waals surface area contributed by atoms with Gasteiger partial charge in [0, 0.05) is 6.54 Å². The number of rotatable bonds is 8. The number of sulfonamides is 1. The van der Waals surface area contributed by atoms with Gasteiger partial charge < -0.3 is 10.0 Å². The van der Waals surface area contributed by atoms with Gasteiger partial charge in [0.25, 0.3) is 0 Å². The zero-order valence-corrected chi connectivity index (χ0v) is 13.7. The summed E-state index contributed by atoms with van der Waals surface area (Å²) in [5.74, 6) is 0.451. The maximum absolute atomic E-state index is 12.5. The van der Waals surface area contributed by atoms with E-state index in [1.165, 1.54) is 0 Å². The number of aliphatic hydroxyl groups is 1. The number of carbonyl (C=O) groups excluding carboxylic acids is 1. The minimum absolute atomic E-state index is 0.0422. The van der Waals surface area contributed by atoms with Crippen LogP contribution in [0.2, 0.25) is 0 Å². The fourth-order valence-electron chi connectivity index (χ4n) is 2.28. The molecule has 118 valence electrons. The fraction of sp³-hybridized carbons (Fsp3) is 0.917. The normalized spacial score (nSPS) is 21.1. The SMILES string of the molecule is CCS(=O)(=O)NC(CCSC)C(=O)N1CCC[C@@H]1CO. The third-order valence-electron chi connectivity index (χ3n) is 3.48. The number of aliphatic hydroxyl groups excluding tert-OH is 1. The fourth-order valence-corrected chi connectivity index (χ4v) is 3.57. The number of hydrogen-bond acceptors (Lipinski definition) is 5. The summed E-state index contributed by atoms with van der Waals surface area (Å²) in [7, 11) is -3.42. The Morgan fingerprint density at radius 3 is 2.80 bits per heavy atom. The average Bonchev–Trinajstić information content (AvgIpc) is 2.91. The Labute approximate surface area is 125 Å². The molecule has 0 saturated carbocycles. The van der Waals surface area contributed by atoms with Gasteiger partial charge in [-0.15, -0.1) is 0 Å². The summed E-state index contributed by atoms with van der Waals surface area (Å²) in [4.78, 5) is 14.1. The molecule has 0 spiro atoms. The molecule has 1 saturated heterocycles.